The zero-order valence-corrected chi connectivity index (χ0v) is 31.6. The van der Waals surface area contributed by atoms with E-state index >= 15 is 0 Å². The minimum Gasteiger partial charge on any atom is -0.466 e. The molecular weight excluding hydrogens is 570 g/mol. The minimum absolute atomic E-state index is 0.0211. The molecule has 46 heavy (non-hydrogen) atoms. The van der Waals surface area contributed by atoms with Crippen LogP contribution in [-0.2, 0) is 9.53 Å². The van der Waals surface area contributed by atoms with Gasteiger partial charge in [-0.05, 0) is 64.0 Å². The number of carbonyl (C=O) groups is 1. The number of unbranched alkanes of at least 4 members (excludes halogenated alkanes) is 20. The lowest BCUT2D eigenvalue weighted by atomic mass is 9.91. The van der Waals surface area contributed by atoms with Gasteiger partial charge < -0.3 is 19.8 Å². The third-order valence-corrected chi connectivity index (χ3v) is 9.82. The van der Waals surface area contributed by atoms with E-state index in [1.54, 1.807) is 0 Å². The number of esters is 1. The summed E-state index contributed by atoms with van der Waals surface area (Å²) in [5.41, 5.74) is 0. The molecule has 0 radical (unpaired) electrons. The average Bonchev–Trinajstić information content (AvgIpc) is 3.05. The van der Waals surface area contributed by atoms with Gasteiger partial charge in [0.15, 0.2) is 0 Å². The van der Waals surface area contributed by atoms with Gasteiger partial charge in [-0.2, -0.15) is 0 Å². The predicted molar refractivity (Wildman–Crippen MR) is 200 cm³/mol. The Balaban J connectivity index is 4.28. The molecule has 0 amide bonds. The number of aliphatic hydroxyl groups excluding tert-OH is 2. The molecule has 0 rings (SSSR count). The largest absolute Gasteiger partial charge is 0.466 e. The van der Waals surface area contributed by atoms with Gasteiger partial charge in [-0.1, -0.05) is 162 Å². The number of rotatable bonds is 38. The van der Waals surface area contributed by atoms with Gasteiger partial charge in [0.1, 0.15) is 0 Å². The molecule has 0 fully saturated rings. The van der Waals surface area contributed by atoms with E-state index in [1.807, 2.05) is 0 Å². The number of hydrogen-bond donors (Lipinski definition) is 2. The van der Waals surface area contributed by atoms with Gasteiger partial charge in [-0.15, -0.1) is 0 Å². The Morgan fingerprint density at radius 3 is 1.61 bits per heavy atom. The van der Waals surface area contributed by atoms with Gasteiger partial charge >= 0.3 is 5.97 Å². The summed E-state index contributed by atoms with van der Waals surface area (Å²) in [6, 6.07) is 0. The van der Waals surface area contributed by atoms with Crippen molar-refractivity contribution in [3.8, 4) is 0 Å². The van der Waals surface area contributed by atoms with Crippen molar-refractivity contribution in [2.45, 2.75) is 219 Å². The molecule has 0 aliphatic rings. The fourth-order valence-electron chi connectivity index (χ4n) is 6.68. The Morgan fingerprint density at radius 1 is 0.543 bits per heavy atom. The van der Waals surface area contributed by atoms with Gasteiger partial charge in [0.05, 0.1) is 12.7 Å². The summed E-state index contributed by atoms with van der Waals surface area (Å²) in [6.45, 7) is 10.6. The highest BCUT2D eigenvalue weighted by atomic mass is 16.5. The Kier molecular flexibility index (Phi) is 36.6. The normalized spacial score (nSPS) is 13.0. The van der Waals surface area contributed by atoms with E-state index in [9.17, 15) is 15.0 Å². The van der Waals surface area contributed by atoms with Gasteiger partial charge in [0, 0.05) is 19.6 Å². The van der Waals surface area contributed by atoms with Crippen LogP contribution in [0.1, 0.15) is 213 Å². The second-order valence-electron chi connectivity index (χ2n) is 14.4. The second-order valence-corrected chi connectivity index (χ2v) is 14.4. The molecule has 5 nitrogen and oxygen atoms in total. The quantitative estimate of drug-likeness (QED) is 0.0512. The van der Waals surface area contributed by atoms with Crippen LogP contribution in [0.4, 0.5) is 0 Å². The summed E-state index contributed by atoms with van der Waals surface area (Å²) < 4.78 is 5.42. The molecule has 0 aromatic rings. The van der Waals surface area contributed by atoms with Crippen LogP contribution in [-0.4, -0.2) is 60.0 Å². The molecule has 0 aliphatic heterocycles. The highest BCUT2D eigenvalue weighted by Crippen LogP contribution is 2.23. The van der Waals surface area contributed by atoms with E-state index in [4.69, 9.17) is 4.74 Å². The van der Waals surface area contributed by atoms with E-state index < -0.39 is 0 Å². The van der Waals surface area contributed by atoms with Crippen molar-refractivity contribution in [1.29, 1.82) is 0 Å². The average molecular weight is 654 g/mol. The Hall–Kier alpha value is -0.650. The number of hydrogen-bond acceptors (Lipinski definition) is 5. The van der Waals surface area contributed by atoms with Crippen molar-refractivity contribution in [1.82, 2.24) is 4.90 Å². The zero-order valence-electron chi connectivity index (χ0n) is 31.6. The molecule has 0 spiro atoms. The monoisotopic (exact) mass is 654 g/mol. The van der Waals surface area contributed by atoms with Gasteiger partial charge in [-0.3, -0.25) is 4.79 Å². The van der Waals surface area contributed by atoms with E-state index in [1.165, 1.54) is 128 Å². The highest BCUT2D eigenvalue weighted by molar-refractivity contribution is 5.69. The summed E-state index contributed by atoms with van der Waals surface area (Å²) >= 11 is 0. The first-order valence-corrected chi connectivity index (χ1v) is 20.7. The summed E-state index contributed by atoms with van der Waals surface area (Å²) in [7, 11) is 0. The second kappa shape index (κ2) is 37.2. The van der Waals surface area contributed by atoms with E-state index in [0.717, 1.165) is 83.3 Å². The fraction of sp³-hybridized carbons (Fsp3) is 0.976. The summed E-state index contributed by atoms with van der Waals surface area (Å²) in [5.74, 6) is 0.802. The van der Waals surface area contributed by atoms with Crippen LogP contribution in [0.25, 0.3) is 0 Å². The molecule has 1 unspecified atom stereocenters. The van der Waals surface area contributed by atoms with Crippen molar-refractivity contribution in [2.75, 3.05) is 32.8 Å². The lowest BCUT2D eigenvalue weighted by molar-refractivity contribution is -0.143. The molecule has 0 heterocycles. The van der Waals surface area contributed by atoms with E-state index in [0.29, 0.717) is 13.0 Å². The molecule has 0 bridgehead atoms. The third kappa shape index (κ3) is 33.3. The van der Waals surface area contributed by atoms with E-state index in [2.05, 4.69) is 25.7 Å². The molecule has 0 aromatic carbocycles. The van der Waals surface area contributed by atoms with Crippen molar-refractivity contribution in [3.05, 3.63) is 0 Å². The van der Waals surface area contributed by atoms with Crippen LogP contribution in [0, 0.1) is 5.92 Å². The van der Waals surface area contributed by atoms with Crippen LogP contribution >= 0.6 is 0 Å². The fourth-order valence-corrected chi connectivity index (χ4v) is 6.68. The number of nitrogens with zero attached hydrogens (tertiary/aromatic N) is 1. The molecule has 5 heteroatoms. The molecule has 0 aliphatic carbocycles. The maximum Gasteiger partial charge on any atom is 0.305 e. The summed E-state index contributed by atoms with van der Waals surface area (Å²) in [6.07, 6.45) is 35.9. The molecule has 0 saturated carbocycles. The number of carbonyl (C=O) groups excluding carboxylic acids is 1. The molecule has 2 atom stereocenters. The topological polar surface area (TPSA) is 70.0 Å². The van der Waals surface area contributed by atoms with Gasteiger partial charge in [0.2, 0.25) is 0 Å². The minimum atomic E-state index is -0.245. The van der Waals surface area contributed by atoms with Crippen molar-refractivity contribution < 1.29 is 19.7 Å². The van der Waals surface area contributed by atoms with Crippen LogP contribution in [0.3, 0.4) is 0 Å². The smallest absolute Gasteiger partial charge is 0.305 e. The van der Waals surface area contributed by atoms with Gasteiger partial charge in [-0.25, -0.2) is 0 Å². The van der Waals surface area contributed by atoms with Crippen molar-refractivity contribution in [2.24, 2.45) is 5.92 Å². The number of aliphatic hydroxyl groups is 2. The van der Waals surface area contributed by atoms with E-state index in [-0.39, 0.29) is 18.7 Å². The summed E-state index contributed by atoms with van der Waals surface area (Å²) in [5, 5.41) is 20.2. The number of ether oxygens (including phenoxy) is 1. The molecule has 2 N–H and O–H groups in total. The standard InChI is InChI=1S/C41H83NO4/c1-4-7-10-13-17-23-30-39(29-22-12-9-6-3)33-35-42(34-26-21-27-36-43)38-40(44)31-24-18-15-16-20-28-37-46-41(45)32-25-19-14-11-8-5-2/h39-40,43-44H,4-38H2,1-3H3/t39?,40-/m0/s1. The van der Waals surface area contributed by atoms with Crippen LogP contribution < -0.4 is 0 Å². The van der Waals surface area contributed by atoms with Crippen molar-refractivity contribution >= 4 is 5.97 Å². The van der Waals surface area contributed by atoms with Crippen LogP contribution in [0.5, 0.6) is 0 Å². The van der Waals surface area contributed by atoms with Gasteiger partial charge in [0.25, 0.3) is 0 Å². The zero-order chi connectivity index (χ0) is 33.8. The maximum absolute atomic E-state index is 11.9. The molecule has 0 aromatic heterocycles. The lowest BCUT2D eigenvalue weighted by Crippen LogP contribution is -2.35. The van der Waals surface area contributed by atoms with Crippen LogP contribution in [0.2, 0.25) is 0 Å². The molecular formula is C41H83NO4. The third-order valence-electron chi connectivity index (χ3n) is 9.82. The lowest BCUT2D eigenvalue weighted by Gasteiger charge is -2.27. The molecule has 276 valence electrons. The maximum atomic E-state index is 11.9. The first kappa shape index (κ1) is 45.3. The first-order valence-electron chi connectivity index (χ1n) is 20.7. The molecule has 0 saturated heterocycles. The van der Waals surface area contributed by atoms with Crippen molar-refractivity contribution in [3.63, 3.8) is 0 Å². The predicted octanol–water partition coefficient (Wildman–Crippen LogP) is 11.6. The Labute approximate surface area is 288 Å². The highest BCUT2D eigenvalue weighted by Gasteiger charge is 2.15. The Morgan fingerprint density at radius 2 is 1.02 bits per heavy atom. The Bertz CT molecular complexity index is 601. The summed E-state index contributed by atoms with van der Waals surface area (Å²) in [4.78, 5) is 14.4. The SMILES string of the molecule is CCCCCCCCC(=O)OCCCCCCCC[C@H](O)CN(CCCCCO)CCC(CCCCCC)CCCCCCCC. The first-order chi connectivity index (χ1) is 22.6. The van der Waals surface area contributed by atoms with Crippen LogP contribution in [0.15, 0.2) is 0 Å².